The Morgan fingerprint density at radius 1 is 1.24 bits per heavy atom. The summed E-state index contributed by atoms with van der Waals surface area (Å²) in [5, 5.41) is 7.66. The summed E-state index contributed by atoms with van der Waals surface area (Å²) < 4.78 is 1.94. The molecule has 1 heterocycles. The van der Waals surface area contributed by atoms with E-state index >= 15 is 0 Å². The van der Waals surface area contributed by atoms with Gasteiger partial charge in [0.2, 0.25) is 0 Å². The van der Waals surface area contributed by atoms with E-state index in [9.17, 15) is 0 Å². The van der Waals surface area contributed by atoms with E-state index in [2.05, 4.69) is 41.6 Å². The van der Waals surface area contributed by atoms with E-state index in [0.717, 1.165) is 19.5 Å². The zero-order valence-corrected chi connectivity index (χ0v) is 10.3. The Labute approximate surface area is 102 Å². The molecule has 0 unspecified atom stereocenters. The molecule has 0 spiro atoms. The van der Waals surface area contributed by atoms with E-state index in [1.54, 1.807) is 0 Å². The van der Waals surface area contributed by atoms with Crippen molar-refractivity contribution in [3.63, 3.8) is 0 Å². The minimum absolute atomic E-state index is 0.896. The van der Waals surface area contributed by atoms with E-state index in [1.165, 1.54) is 17.7 Å². The highest BCUT2D eigenvalue weighted by Gasteiger charge is 1.99. The van der Waals surface area contributed by atoms with Crippen molar-refractivity contribution in [2.75, 3.05) is 11.9 Å². The number of benzene rings is 1. The number of nitrogens with zero attached hydrogens (tertiary/aromatic N) is 2. The molecular formula is C14H19N3. The van der Waals surface area contributed by atoms with Gasteiger partial charge in [-0.2, -0.15) is 5.10 Å². The van der Waals surface area contributed by atoms with Gasteiger partial charge < -0.3 is 5.32 Å². The average Bonchev–Trinajstić information content (AvgIpc) is 2.85. The summed E-state index contributed by atoms with van der Waals surface area (Å²) in [4.78, 5) is 0. The maximum atomic E-state index is 4.18. The third kappa shape index (κ3) is 3.34. The molecule has 1 aromatic heterocycles. The second-order valence-electron chi connectivity index (χ2n) is 4.10. The van der Waals surface area contributed by atoms with Gasteiger partial charge in [0, 0.05) is 24.6 Å². The maximum absolute atomic E-state index is 4.18. The molecule has 0 saturated carbocycles. The number of nitrogens with one attached hydrogen (secondary N) is 1. The van der Waals surface area contributed by atoms with Crippen molar-refractivity contribution in [3.05, 3.63) is 48.3 Å². The van der Waals surface area contributed by atoms with Crippen molar-refractivity contribution in [1.29, 1.82) is 0 Å². The molecule has 3 heteroatoms. The van der Waals surface area contributed by atoms with Crippen LogP contribution in [-0.4, -0.2) is 16.3 Å². The first-order valence-corrected chi connectivity index (χ1v) is 6.19. The maximum Gasteiger partial charge on any atom is 0.0582 e. The van der Waals surface area contributed by atoms with Crippen molar-refractivity contribution in [1.82, 2.24) is 9.78 Å². The molecule has 1 N–H and O–H groups in total. The minimum Gasteiger partial charge on any atom is -0.383 e. The van der Waals surface area contributed by atoms with Gasteiger partial charge in [-0.15, -0.1) is 0 Å². The number of aryl methyl sites for hydroxylation is 1. The van der Waals surface area contributed by atoms with Gasteiger partial charge in [0.15, 0.2) is 0 Å². The molecule has 0 aliphatic carbocycles. The molecule has 0 bridgehead atoms. The van der Waals surface area contributed by atoms with Crippen LogP contribution in [0.2, 0.25) is 0 Å². The molecule has 2 aromatic rings. The predicted molar refractivity (Wildman–Crippen MR) is 71.2 cm³/mol. The largest absolute Gasteiger partial charge is 0.383 e. The first-order chi connectivity index (χ1) is 8.40. The zero-order valence-electron chi connectivity index (χ0n) is 10.3. The van der Waals surface area contributed by atoms with Gasteiger partial charge in [-0.3, -0.25) is 4.68 Å². The third-order valence-corrected chi connectivity index (χ3v) is 2.75. The molecule has 0 fully saturated rings. The fourth-order valence-electron chi connectivity index (χ4n) is 1.92. The second kappa shape index (κ2) is 6.09. The molecule has 90 valence electrons. The Morgan fingerprint density at radius 2 is 2.12 bits per heavy atom. The van der Waals surface area contributed by atoms with Gasteiger partial charge in [0.1, 0.15) is 0 Å². The average molecular weight is 229 g/mol. The highest BCUT2D eigenvalue weighted by molar-refractivity contribution is 5.51. The number of aromatic nitrogens is 2. The zero-order chi connectivity index (χ0) is 11.9. The Kier molecular flexibility index (Phi) is 4.19. The fourth-order valence-corrected chi connectivity index (χ4v) is 1.92. The standard InChI is InChI=1S/C14H19N3/c1-2-6-13-7-3-4-8-14(13)15-10-12-17-11-5-9-16-17/h3-5,7-9,11,15H,2,6,10,12H2,1H3. The van der Waals surface area contributed by atoms with E-state index in [-0.39, 0.29) is 0 Å². The van der Waals surface area contributed by atoms with Crippen LogP contribution in [0.5, 0.6) is 0 Å². The van der Waals surface area contributed by atoms with Crippen LogP contribution in [0.3, 0.4) is 0 Å². The van der Waals surface area contributed by atoms with E-state index < -0.39 is 0 Å². The molecule has 3 nitrogen and oxygen atoms in total. The van der Waals surface area contributed by atoms with Crippen molar-refractivity contribution in [2.45, 2.75) is 26.3 Å². The van der Waals surface area contributed by atoms with E-state index in [4.69, 9.17) is 0 Å². The highest BCUT2D eigenvalue weighted by atomic mass is 15.3. The lowest BCUT2D eigenvalue weighted by Gasteiger charge is -2.11. The van der Waals surface area contributed by atoms with Crippen LogP contribution in [0.4, 0.5) is 5.69 Å². The predicted octanol–water partition coefficient (Wildman–Crippen LogP) is 2.95. The quantitative estimate of drug-likeness (QED) is 0.825. The molecule has 0 amide bonds. The van der Waals surface area contributed by atoms with Crippen LogP contribution < -0.4 is 5.32 Å². The summed E-state index contributed by atoms with van der Waals surface area (Å²) in [6.07, 6.45) is 6.10. The number of hydrogen-bond donors (Lipinski definition) is 1. The molecule has 0 atom stereocenters. The van der Waals surface area contributed by atoms with Crippen molar-refractivity contribution in [2.24, 2.45) is 0 Å². The summed E-state index contributed by atoms with van der Waals surface area (Å²) >= 11 is 0. The number of hydrogen-bond acceptors (Lipinski definition) is 2. The van der Waals surface area contributed by atoms with E-state index in [1.807, 2.05) is 23.1 Å². The molecule has 0 aliphatic heterocycles. The van der Waals surface area contributed by atoms with Crippen LogP contribution in [0.1, 0.15) is 18.9 Å². The number of anilines is 1. The van der Waals surface area contributed by atoms with Crippen molar-refractivity contribution in [3.8, 4) is 0 Å². The molecular weight excluding hydrogens is 210 g/mol. The Balaban J connectivity index is 1.89. The van der Waals surface area contributed by atoms with Gasteiger partial charge in [-0.1, -0.05) is 31.5 Å². The molecule has 0 radical (unpaired) electrons. The summed E-state index contributed by atoms with van der Waals surface area (Å²) in [5.41, 5.74) is 2.65. The van der Waals surface area contributed by atoms with Crippen molar-refractivity contribution >= 4 is 5.69 Å². The highest BCUT2D eigenvalue weighted by Crippen LogP contribution is 2.16. The molecule has 0 aliphatic rings. The van der Waals surface area contributed by atoms with Crippen LogP contribution in [0.15, 0.2) is 42.7 Å². The SMILES string of the molecule is CCCc1ccccc1NCCn1cccn1. The topological polar surface area (TPSA) is 29.9 Å². The van der Waals surface area contributed by atoms with Gasteiger partial charge in [-0.05, 0) is 24.1 Å². The molecule has 1 aromatic carbocycles. The lowest BCUT2D eigenvalue weighted by Crippen LogP contribution is -2.11. The Morgan fingerprint density at radius 3 is 2.88 bits per heavy atom. The van der Waals surface area contributed by atoms with Crippen LogP contribution in [0, 0.1) is 0 Å². The first-order valence-electron chi connectivity index (χ1n) is 6.19. The monoisotopic (exact) mass is 229 g/mol. The minimum atomic E-state index is 0.896. The van der Waals surface area contributed by atoms with Gasteiger partial charge in [-0.25, -0.2) is 0 Å². The fraction of sp³-hybridized carbons (Fsp3) is 0.357. The third-order valence-electron chi connectivity index (χ3n) is 2.75. The van der Waals surface area contributed by atoms with Crippen LogP contribution >= 0.6 is 0 Å². The summed E-state index contributed by atoms with van der Waals surface area (Å²) in [5.74, 6) is 0. The van der Waals surface area contributed by atoms with Crippen LogP contribution in [0.25, 0.3) is 0 Å². The lowest BCUT2D eigenvalue weighted by molar-refractivity contribution is 0.637. The number of rotatable bonds is 6. The summed E-state index contributed by atoms with van der Waals surface area (Å²) in [6.45, 7) is 4.01. The lowest BCUT2D eigenvalue weighted by atomic mass is 10.1. The van der Waals surface area contributed by atoms with Crippen LogP contribution in [-0.2, 0) is 13.0 Å². The second-order valence-corrected chi connectivity index (χ2v) is 4.10. The summed E-state index contributed by atoms with van der Waals surface area (Å²) in [7, 11) is 0. The first kappa shape index (κ1) is 11.7. The summed E-state index contributed by atoms with van der Waals surface area (Å²) in [6, 6.07) is 10.5. The smallest absolute Gasteiger partial charge is 0.0582 e. The Bertz CT molecular complexity index is 434. The van der Waals surface area contributed by atoms with E-state index in [0.29, 0.717) is 0 Å². The number of para-hydroxylation sites is 1. The normalized spacial score (nSPS) is 10.4. The molecule has 17 heavy (non-hydrogen) atoms. The molecule has 0 saturated heterocycles. The van der Waals surface area contributed by atoms with Crippen molar-refractivity contribution < 1.29 is 0 Å². The molecule has 2 rings (SSSR count). The van der Waals surface area contributed by atoms with Gasteiger partial charge in [0.25, 0.3) is 0 Å². The Hall–Kier alpha value is -1.77. The van der Waals surface area contributed by atoms with Gasteiger partial charge in [0.05, 0.1) is 6.54 Å². The van der Waals surface area contributed by atoms with Gasteiger partial charge >= 0.3 is 0 Å².